The van der Waals surface area contributed by atoms with Crippen molar-refractivity contribution in [3.63, 3.8) is 0 Å². The number of cyclic esters (lactones) is 1. The molecule has 1 aliphatic heterocycles. The third kappa shape index (κ3) is 21.0. The van der Waals surface area contributed by atoms with E-state index in [1.165, 1.54) is 13.0 Å². The van der Waals surface area contributed by atoms with Gasteiger partial charge in [0.2, 0.25) is 0 Å². The Morgan fingerprint density at radius 3 is 1.17 bits per heavy atom. The first-order valence-corrected chi connectivity index (χ1v) is 15.6. The van der Waals surface area contributed by atoms with Crippen LogP contribution in [0.15, 0.2) is 12.2 Å². The van der Waals surface area contributed by atoms with Crippen molar-refractivity contribution in [2.45, 2.75) is 106 Å². The molecule has 0 spiro atoms. The van der Waals surface area contributed by atoms with Crippen molar-refractivity contribution in [2.75, 3.05) is 39.6 Å². The van der Waals surface area contributed by atoms with Gasteiger partial charge in [0, 0.05) is 6.08 Å². The number of ether oxygens (including phenoxy) is 3. The highest BCUT2D eigenvalue weighted by molar-refractivity contribution is 5.86. The van der Waals surface area contributed by atoms with Crippen LogP contribution in [0.2, 0.25) is 0 Å². The zero-order valence-electron chi connectivity index (χ0n) is 28.9. The third-order valence-electron chi connectivity index (χ3n) is 6.48. The first-order valence-electron chi connectivity index (χ1n) is 15.6. The zero-order valence-corrected chi connectivity index (χ0v) is 28.9. The Morgan fingerprint density at radius 2 is 0.906 bits per heavy atom. The number of hydrogen-bond acceptors (Lipinski definition) is 24. The maximum Gasteiger partial charge on any atom is 0.339 e. The molecule has 0 bridgehead atoms. The molecule has 24 nitrogen and oxygen atoms in total. The van der Waals surface area contributed by atoms with E-state index in [1.807, 2.05) is 0 Å². The highest BCUT2D eigenvalue weighted by Gasteiger charge is 2.37. The Labute approximate surface area is 302 Å². The van der Waals surface area contributed by atoms with Gasteiger partial charge in [0.15, 0.2) is 24.1 Å². The van der Waals surface area contributed by atoms with E-state index in [1.54, 1.807) is 6.92 Å². The van der Waals surface area contributed by atoms with Gasteiger partial charge in [-0.1, -0.05) is 0 Å². The molecule has 14 atom stereocenters. The van der Waals surface area contributed by atoms with E-state index in [-0.39, 0.29) is 13.2 Å². The summed E-state index contributed by atoms with van der Waals surface area (Å²) in [5.41, 5.74) is 0. The van der Waals surface area contributed by atoms with Crippen LogP contribution in [0, 0.1) is 0 Å². The smallest absolute Gasteiger partial charge is 0.339 e. The SMILES string of the molecule is CCOC(=O)[C@H](O)[C@@H](O)[C@H](O)[C@H](O)C(C)=O.CCOC(=O)[C@H](O)[C@@H]1C=CC(=O)O1.OC[C@@H](O)[C@@H](O)[C@H](O)[C@@H](O)CO.OC[C@@H](O)[C@@H](O)[C@H](O)[C@@H](O)CO. The van der Waals surface area contributed by atoms with Crippen molar-refractivity contribution in [1.29, 1.82) is 0 Å². The summed E-state index contributed by atoms with van der Waals surface area (Å²) in [6, 6.07) is 0. The highest BCUT2D eigenvalue weighted by atomic mass is 16.6. The van der Waals surface area contributed by atoms with E-state index < -0.39 is 136 Å². The van der Waals surface area contributed by atoms with Gasteiger partial charge in [-0.15, -0.1) is 0 Å². The Balaban J connectivity index is -0.000000633. The van der Waals surface area contributed by atoms with Crippen molar-refractivity contribution in [3.8, 4) is 0 Å². The molecule has 0 saturated carbocycles. The summed E-state index contributed by atoms with van der Waals surface area (Å²) in [6.45, 7) is 1.39. The van der Waals surface area contributed by atoms with E-state index in [2.05, 4.69) is 14.2 Å². The summed E-state index contributed by atoms with van der Waals surface area (Å²) in [7, 11) is 0. The summed E-state index contributed by atoms with van der Waals surface area (Å²) < 4.78 is 13.5. The predicted octanol–water partition coefficient (Wildman–Crippen LogP) is -10.2. The van der Waals surface area contributed by atoms with Crippen molar-refractivity contribution in [2.24, 2.45) is 0 Å². The average molecular weight is 787 g/mol. The Bertz CT molecular complexity index is 988. The van der Waals surface area contributed by atoms with Crippen LogP contribution in [0.1, 0.15) is 20.8 Å². The number of aliphatic hydroxyl groups excluding tert-OH is 17. The second-order valence-electron chi connectivity index (χ2n) is 10.7. The topological polar surface area (TPSA) is 440 Å². The van der Waals surface area contributed by atoms with E-state index in [0.717, 1.165) is 13.0 Å². The Morgan fingerprint density at radius 1 is 0.585 bits per heavy atom. The molecule has 0 aromatic heterocycles. The number of carbonyl (C=O) groups excluding carboxylic acids is 4. The molecule has 1 heterocycles. The number of esters is 3. The molecule has 17 N–H and O–H groups in total. The normalized spacial score (nSPS) is 20.8. The van der Waals surface area contributed by atoms with Crippen LogP contribution in [-0.2, 0) is 33.4 Å². The van der Waals surface area contributed by atoms with Gasteiger partial charge in [0.05, 0.1) is 39.6 Å². The lowest BCUT2D eigenvalue weighted by molar-refractivity contribution is -0.170. The fourth-order valence-electron chi connectivity index (χ4n) is 3.24. The molecule has 314 valence electrons. The van der Waals surface area contributed by atoms with Gasteiger partial charge >= 0.3 is 17.9 Å². The number of hydrogen-bond donors (Lipinski definition) is 17. The lowest BCUT2D eigenvalue weighted by Crippen LogP contribution is -2.50. The largest absolute Gasteiger partial charge is 0.464 e. The summed E-state index contributed by atoms with van der Waals surface area (Å²) in [5.74, 6) is -3.27. The van der Waals surface area contributed by atoms with Crippen LogP contribution >= 0.6 is 0 Å². The molecule has 1 aliphatic rings. The second kappa shape index (κ2) is 29.5. The van der Waals surface area contributed by atoms with Crippen molar-refractivity contribution in [3.05, 3.63) is 12.2 Å². The minimum Gasteiger partial charge on any atom is -0.464 e. The lowest BCUT2D eigenvalue weighted by atomic mass is 10.0. The maximum absolute atomic E-state index is 11.0. The van der Waals surface area contributed by atoms with Crippen molar-refractivity contribution >= 4 is 23.7 Å². The summed E-state index contributed by atoms with van der Waals surface area (Å²) in [4.78, 5) is 43.2. The standard InChI is InChI=1S/C9H16O7.C8H10O5.2C6H14O6/c1-3-16-9(15)8(14)7(13)6(12)5(11)4(2)10;1-2-12-8(11)7(10)5-3-4-6(9)13-5;2*7-1-3(9)5(11)6(12)4(10)2-8/h5-8,11-14H,3H2,1-2H3;3-5,7,10H,2H2,1H3;2*3-12H,1-2H2/t5-,6-,7+,8-;5-,7+;2*3-,4+,5-,6-/m1011/s1. The molecule has 0 amide bonds. The fraction of sp³-hybridized carbons (Fsp3) is 0.793. The first-order chi connectivity index (χ1) is 24.6. The van der Waals surface area contributed by atoms with Gasteiger partial charge in [-0.3, -0.25) is 4.79 Å². The van der Waals surface area contributed by atoms with Crippen LogP contribution in [0.25, 0.3) is 0 Å². The molecule has 0 aromatic carbocycles. The monoisotopic (exact) mass is 786 g/mol. The summed E-state index contributed by atoms with van der Waals surface area (Å²) >= 11 is 0. The lowest BCUT2D eigenvalue weighted by Gasteiger charge is -2.24. The van der Waals surface area contributed by atoms with E-state index in [9.17, 15) is 39.6 Å². The third-order valence-corrected chi connectivity index (χ3v) is 6.48. The van der Waals surface area contributed by atoms with Gasteiger partial charge < -0.3 is 101 Å². The zero-order chi connectivity index (χ0) is 42.2. The number of rotatable bonds is 19. The molecule has 53 heavy (non-hydrogen) atoms. The number of Topliss-reactive ketones (excluding diaryl/α,β-unsaturated/α-hetero) is 1. The first kappa shape index (κ1) is 54.5. The van der Waals surface area contributed by atoms with Crippen molar-refractivity contribution < 1.29 is 120 Å². The maximum atomic E-state index is 11.0. The number of carbonyl (C=O) groups is 4. The molecule has 24 heteroatoms. The second-order valence-corrected chi connectivity index (χ2v) is 10.7. The minimum absolute atomic E-state index is 0.00598. The van der Waals surface area contributed by atoms with E-state index in [0.29, 0.717) is 0 Å². The average Bonchev–Trinajstić information content (AvgIpc) is 3.60. The van der Waals surface area contributed by atoms with Gasteiger partial charge in [-0.2, -0.15) is 0 Å². The van der Waals surface area contributed by atoms with E-state index in [4.69, 9.17) is 66.4 Å². The van der Waals surface area contributed by atoms with Gasteiger partial charge in [0.1, 0.15) is 67.1 Å². The van der Waals surface area contributed by atoms with Gasteiger partial charge in [-0.25, -0.2) is 14.4 Å². The minimum atomic E-state index is -2.01. The fourth-order valence-corrected chi connectivity index (χ4v) is 3.24. The van der Waals surface area contributed by atoms with Crippen LogP contribution in [0.3, 0.4) is 0 Å². The van der Waals surface area contributed by atoms with Gasteiger partial charge in [-0.05, 0) is 26.8 Å². The molecule has 0 saturated heterocycles. The summed E-state index contributed by atoms with van der Waals surface area (Å²) in [5, 5.41) is 150. The highest BCUT2D eigenvalue weighted by Crippen LogP contribution is 2.11. The molecule has 0 aromatic rings. The Kier molecular flexibility index (Phi) is 30.3. The summed E-state index contributed by atoms with van der Waals surface area (Å²) in [6.07, 6.45) is -20.4. The van der Waals surface area contributed by atoms with Gasteiger partial charge in [0.25, 0.3) is 0 Å². The molecule has 0 aliphatic carbocycles. The van der Waals surface area contributed by atoms with Crippen LogP contribution in [0.5, 0.6) is 0 Å². The molecule has 1 rings (SSSR count). The molecule has 0 radical (unpaired) electrons. The van der Waals surface area contributed by atoms with Crippen molar-refractivity contribution in [1.82, 2.24) is 0 Å². The van der Waals surface area contributed by atoms with Crippen LogP contribution in [0.4, 0.5) is 0 Å². The molecule has 0 fully saturated rings. The quantitative estimate of drug-likeness (QED) is 0.0427. The molecular weight excluding hydrogens is 732 g/mol. The Hall–Kier alpha value is -2.86. The predicted molar refractivity (Wildman–Crippen MR) is 169 cm³/mol. The van der Waals surface area contributed by atoms with Crippen LogP contribution < -0.4 is 0 Å². The molecular formula is C29H54O24. The number of aliphatic hydroxyl groups is 17. The van der Waals surface area contributed by atoms with E-state index >= 15 is 0 Å². The van der Waals surface area contributed by atoms with Crippen LogP contribution in [-0.4, -0.2) is 236 Å². The molecule has 0 unspecified atom stereocenters. The number of ketones is 1.